The zero-order chi connectivity index (χ0) is 9.97. The Morgan fingerprint density at radius 1 is 1.29 bits per heavy atom. The lowest BCUT2D eigenvalue weighted by Crippen LogP contribution is -1.94. The van der Waals surface area contributed by atoms with Gasteiger partial charge >= 0.3 is 0 Å². The average molecular weight is 186 g/mol. The minimum atomic E-state index is 0.527. The molecule has 0 aromatic carbocycles. The first-order valence-electron chi connectivity index (χ1n) is 5.01. The van der Waals surface area contributed by atoms with Crippen molar-refractivity contribution in [3.05, 3.63) is 36.4 Å². The molecule has 1 atom stereocenters. The van der Waals surface area contributed by atoms with Gasteiger partial charge in [-0.2, -0.15) is 0 Å². The molecule has 0 aliphatic rings. The van der Waals surface area contributed by atoms with E-state index in [-0.39, 0.29) is 0 Å². The van der Waals surface area contributed by atoms with Crippen molar-refractivity contribution in [1.29, 1.82) is 0 Å². The lowest BCUT2D eigenvalue weighted by atomic mass is 10.0. The van der Waals surface area contributed by atoms with E-state index in [1.165, 1.54) is 5.39 Å². The third kappa shape index (κ3) is 1.60. The smallest absolute Gasteiger partial charge is 0.0438 e. The average Bonchev–Trinajstić information content (AvgIpc) is 2.27. The quantitative estimate of drug-likeness (QED) is 0.720. The molecule has 0 saturated heterocycles. The summed E-state index contributed by atoms with van der Waals surface area (Å²) in [6, 6.07) is 4.12. The molecule has 72 valence electrons. The largest absolute Gasteiger partial charge is 0.264 e. The van der Waals surface area contributed by atoms with Gasteiger partial charge in [0.2, 0.25) is 0 Å². The van der Waals surface area contributed by atoms with Crippen LogP contribution in [0.15, 0.2) is 30.7 Å². The standard InChI is InChI=1S/C12H14N2/c1-3-9(2)12-6-11-7-13-5-4-10(11)8-14-12/h4-9H,3H2,1-2H3. The van der Waals surface area contributed by atoms with Crippen LogP contribution < -0.4 is 0 Å². The van der Waals surface area contributed by atoms with Crippen molar-refractivity contribution < 1.29 is 0 Å². The highest BCUT2D eigenvalue weighted by molar-refractivity contribution is 5.80. The first-order valence-corrected chi connectivity index (χ1v) is 5.01. The van der Waals surface area contributed by atoms with Crippen LogP contribution >= 0.6 is 0 Å². The fourth-order valence-corrected chi connectivity index (χ4v) is 1.47. The molecule has 2 heteroatoms. The van der Waals surface area contributed by atoms with Crippen LogP contribution in [0.3, 0.4) is 0 Å². The minimum Gasteiger partial charge on any atom is -0.264 e. The topological polar surface area (TPSA) is 25.8 Å². The molecule has 2 aromatic heterocycles. The van der Waals surface area contributed by atoms with Crippen LogP contribution in [0.5, 0.6) is 0 Å². The number of fused-ring (bicyclic) bond motifs is 1. The van der Waals surface area contributed by atoms with E-state index < -0.39 is 0 Å². The van der Waals surface area contributed by atoms with Crippen molar-refractivity contribution >= 4 is 10.8 Å². The molecule has 2 heterocycles. The number of nitrogens with zero attached hydrogens (tertiary/aromatic N) is 2. The molecule has 1 unspecified atom stereocenters. The molecule has 2 rings (SSSR count). The van der Waals surface area contributed by atoms with E-state index in [1.807, 2.05) is 18.5 Å². The van der Waals surface area contributed by atoms with Gasteiger partial charge in [0, 0.05) is 35.1 Å². The van der Waals surface area contributed by atoms with Gasteiger partial charge < -0.3 is 0 Å². The summed E-state index contributed by atoms with van der Waals surface area (Å²) in [7, 11) is 0. The van der Waals surface area contributed by atoms with Gasteiger partial charge in [-0.15, -0.1) is 0 Å². The van der Waals surface area contributed by atoms with Crippen LogP contribution in [0.1, 0.15) is 31.9 Å². The normalized spacial score (nSPS) is 13.0. The van der Waals surface area contributed by atoms with Crippen LogP contribution in [0.4, 0.5) is 0 Å². The van der Waals surface area contributed by atoms with Crippen molar-refractivity contribution in [2.75, 3.05) is 0 Å². The van der Waals surface area contributed by atoms with Crippen molar-refractivity contribution in [1.82, 2.24) is 9.97 Å². The third-order valence-electron chi connectivity index (χ3n) is 2.66. The molecule has 0 fully saturated rings. The maximum atomic E-state index is 4.45. The van der Waals surface area contributed by atoms with Crippen molar-refractivity contribution in [3.8, 4) is 0 Å². The number of rotatable bonds is 2. The van der Waals surface area contributed by atoms with Gasteiger partial charge in [0.25, 0.3) is 0 Å². The van der Waals surface area contributed by atoms with Gasteiger partial charge in [0.15, 0.2) is 0 Å². The molecule has 0 bridgehead atoms. The Labute approximate surface area is 84.0 Å². The van der Waals surface area contributed by atoms with Gasteiger partial charge in [-0.1, -0.05) is 13.8 Å². The van der Waals surface area contributed by atoms with Crippen LogP contribution in [0.25, 0.3) is 10.8 Å². The zero-order valence-electron chi connectivity index (χ0n) is 8.57. The molecule has 0 radical (unpaired) electrons. The fourth-order valence-electron chi connectivity index (χ4n) is 1.47. The molecule has 2 nitrogen and oxygen atoms in total. The first kappa shape index (κ1) is 9.13. The summed E-state index contributed by atoms with van der Waals surface area (Å²) >= 11 is 0. The van der Waals surface area contributed by atoms with Crippen LogP contribution in [0.2, 0.25) is 0 Å². The predicted octanol–water partition coefficient (Wildman–Crippen LogP) is 3.14. The summed E-state index contributed by atoms with van der Waals surface area (Å²) < 4.78 is 0. The molecule has 0 aliphatic carbocycles. The third-order valence-corrected chi connectivity index (χ3v) is 2.66. The highest BCUT2D eigenvalue weighted by Gasteiger charge is 2.04. The second-order valence-corrected chi connectivity index (χ2v) is 3.64. The maximum absolute atomic E-state index is 4.45. The fraction of sp³-hybridized carbons (Fsp3) is 0.333. The van der Waals surface area contributed by atoms with Gasteiger partial charge in [0.05, 0.1) is 0 Å². The molecule has 0 spiro atoms. The Kier molecular flexibility index (Phi) is 2.44. The SMILES string of the molecule is CCC(C)c1cc2cnccc2cn1. The monoisotopic (exact) mass is 186 g/mol. The predicted molar refractivity (Wildman–Crippen MR) is 58.2 cm³/mol. The Hall–Kier alpha value is -1.44. The van der Waals surface area contributed by atoms with E-state index >= 15 is 0 Å². The van der Waals surface area contributed by atoms with Gasteiger partial charge in [0.1, 0.15) is 0 Å². The summed E-state index contributed by atoms with van der Waals surface area (Å²) in [6.45, 7) is 4.38. The molecular weight excluding hydrogens is 172 g/mol. The Morgan fingerprint density at radius 3 is 2.93 bits per heavy atom. The molecule has 14 heavy (non-hydrogen) atoms. The van der Waals surface area contributed by atoms with E-state index in [2.05, 4.69) is 29.9 Å². The second kappa shape index (κ2) is 3.74. The highest BCUT2D eigenvalue weighted by atomic mass is 14.7. The maximum Gasteiger partial charge on any atom is 0.0438 e. The molecular formula is C12H14N2. The lowest BCUT2D eigenvalue weighted by molar-refractivity contribution is 0.710. The van der Waals surface area contributed by atoms with Crippen molar-refractivity contribution in [3.63, 3.8) is 0 Å². The van der Waals surface area contributed by atoms with Gasteiger partial charge in [-0.25, -0.2) is 0 Å². The van der Waals surface area contributed by atoms with E-state index in [9.17, 15) is 0 Å². The summed E-state index contributed by atoms with van der Waals surface area (Å²) in [5, 5.41) is 2.34. The van der Waals surface area contributed by atoms with Crippen LogP contribution in [-0.4, -0.2) is 9.97 Å². The van der Waals surface area contributed by atoms with E-state index in [4.69, 9.17) is 0 Å². The van der Waals surface area contributed by atoms with Crippen molar-refractivity contribution in [2.45, 2.75) is 26.2 Å². The Morgan fingerprint density at radius 2 is 2.14 bits per heavy atom. The van der Waals surface area contributed by atoms with Gasteiger partial charge in [-0.05, 0) is 24.5 Å². The molecule has 0 saturated carbocycles. The van der Waals surface area contributed by atoms with Crippen LogP contribution in [0, 0.1) is 0 Å². The summed E-state index contributed by atoms with van der Waals surface area (Å²) in [5.41, 5.74) is 1.16. The highest BCUT2D eigenvalue weighted by Crippen LogP contribution is 2.20. The summed E-state index contributed by atoms with van der Waals surface area (Å²) in [5.74, 6) is 0.527. The van der Waals surface area contributed by atoms with E-state index in [0.717, 1.165) is 17.5 Å². The molecule has 0 N–H and O–H groups in total. The van der Waals surface area contributed by atoms with Gasteiger partial charge in [-0.3, -0.25) is 9.97 Å². The Bertz CT molecular complexity index is 437. The van der Waals surface area contributed by atoms with Crippen molar-refractivity contribution in [2.24, 2.45) is 0 Å². The first-order chi connectivity index (χ1) is 6.81. The number of aromatic nitrogens is 2. The number of pyridine rings is 2. The summed E-state index contributed by atoms with van der Waals surface area (Å²) in [4.78, 5) is 8.56. The molecule has 0 aliphatic heterocycles. The number of hydrogen-bond acceptors (Lipinski definition) is 2. The zero-order valence-corrected chi connectivity index (χ0v) is 8.57. The van der Waals surface area contributed by atoms with E-state index in [1.54, 1.807) is 6.20 Å². The lowest BCUT2D eigenvalue weighted by Gasteiger charge is -2.08. The van der Waals surface area contributed by atoms with Crippen LogP contribution in [-0.2, 0) is 0 Å². The second-order valence-electron chi connectivity index (χ2n) is 3.64. The Balaban J connectivity index is 2.51. The van der Waals surface area contributed by atoms with E-state index in [0.29, 0.717) is 5.92 Å². The summed E-state index contributed by atoms with van der Waals surface area (Å²) in [6.07, 6.45) is 6.74. The molecule has 0 amide bonds. The molecule has 2 aromatic rings. The number of hydrogen-bond donors (Lipinski definition) is 0. The minimum absolute atomic E-state index is 0.527.